The first kappa shape index (κ1) is 13.0. The monoisotopic (exact) mass is 302 g/mol. The molecule has 0 bridgehead atoms. The zero-order valence-corrected chi connectivity index (χ0v) is 12.1. The number of Topliss-reactive ketones (excluding diaryl/α,β-unsaturated/α-hetero) is 1. The molecule has 1 nitrogen and oxygen atoms in total. The van der Waals surface area contributed by atoms with Crippen molar-refractivity contribution in [3.63, 3.8) is 0 Å². The molecule has 0 fully saturated rings. The second kappa shape index (κ2) is 5.49. The summed E-state index contributed by atoms with van der Waals surface area (Å²) in [4.78, 5) is 12.2. The molecular weight excluding hydrogens is 288 g/mol. The Balaban J connectivity index is 2.24. The number of ketones is 1. The predicted octanol–water partition coefficient (Wildman–Crippen LogP) is 4.49. The van der Waals surface area contributed by atoms with Gasteiger partial charge >= 0.3 is 0 Å². The van der Waals surface area contributed by atoms with E-state index in [1.165, 1.54) is 11.1 Å². The first-order valence-electron chi connectivity index (χ1n) is 5.92. The fourth-order valence-electron chi connectivity index (χ4n) is 2.03. The van der Waals surface area contributed by atoms with Gasteiger partial charge in [-0.05, 0) is 42.7 Å². The maximum absolute atomic E-state index is 12.2. The van der Waals surface area contributed by atoms with E-state index < -0.39 is 0 Å². The molecule has 0 spiro atoms. The summed E-state index contributed by atoms with van der Waals surface area (Å²) in [6.07, 6.45) is 0.472. The van der Waals surface area contributed by atoms with Gasteiger partial charge in [-0.25, -0.2) is 0 Å². The van der Waals surface area contributed by atoms with Gasteiger partial charge in [0.2, 0.25) is 0 Å². The highest BCUT2D eigenvalue weighted by Gasteiger charge is 2.10. The quantitative estimate of drug-likeness (QED) is 0.763. The number of halogens is 1. The highest BCUT2D eigenvalue weighted by Crippen LogP contribution is 2.17. The van der Waals surface area contributed by atoms with Crippen molar-refractivity contribution in [1.82, 2.24) is 0 Å². The number of carbonyl (C=O) groups excluding carboxylic acids is 1. The molecule has 0 radical (unpaired) electrons. The van der Waals surface area contributed by atoms with Gasteiger partial charge in [0.1, 0.15) is 0 Å². The van der Waals surface area contributed by atoms with E-state index in [4.69, 9.17) is 0 Å². The number of aryl methyl sites for hydroxylation is 2. The van der Waals surface area contributed by atoms with Gasteiger partial charge in [-0.2, -0.15) is 0 Å². The lowest BCUT2D eigenvalue weighted by Gasteiger charge is -2.09. The number of carbonyl (C=O) groups is 1. The van der Waals surface area contributed by atoms with Crippen molar-refractivity contribution < 1.29 is 4.79 Å². The maximum atomic E-state index is 12.2. The standard InChI is InChI=1S/C16H15BrO/c1-11-4-3-5-12(2)15(11)10-16(18)13-6-8-14(17)9-7-13/h3-9H,10H2,1-2H3. The van der Waals surface area contributed by atoms with Gasteiger partial charge < -0.3 is 0 Å². The van der Waals surface area contributed by atoms with E-state index in [9.17, 15) is 4.79 Å². The van der Waals surface area contributed by atoms with Crippen LogP contribution >= 0.6 is 15.9 Å². The van der Waals surface area contributed by atoms with Gasteiger partial charge in [0.25, 0.3) is 0 Å². The minimum Gasteiger partial charge on any atom is -0.294 e. The normalized spacial score (nSPS) is 10.4. The van der Waals surface area contributed by atoms with E-state index in [-0.39, 0.29) is 5.78 Å². The summed E-state index contributed by atoms with van der Waals surface area (Å²) in [5.41, 5.74) is 4.27. The molecular formula is C16H15BrO. The molecule has 2 aromatic carbocycles. The van der Waals surface area contributed by atoms with Crippen LogP contribution in [0.2, 0.25) is 0 Å². The molecule has 0 aromatic heterocycles. The van der Waals surface area contributed by atoms with Crippen LogP contribution in [0.25, 0.3) is 0 Å². The Kier molecular flexibility index (Phi) is 3.97. The molecule has 0 unspecified atom stereocenters. The predicted molar refractivity (Wildman–Crippen MR) is 78.1 cm³/mol. The Bertz CT molecular complexity index is 550. The van der Waals surface area contributed by atoms with E-state index in [1.807, 2.05) is 30.3 Å². The minimum atomic E-state index is 0.167. The van der Waals surface area contributed by atoms with E-state index in [0.717, 1.165) is 15.6 Å². The molecule has 0 saturated heterocycles. The van der Waals surface area contributed by atoms with Gasteiger partial charge in [-0.1, -0.05) is 46.3 Å². The van der Waals surface area contributed by atoms with E-state index >= 15 is 0 Å². The van der Waals surface area contributed by atoms with Gasteiger partial charge in [0.15, 0.2) is 5.78 Å². The highest BCUT2D eigenvalue weighted by molar-refractivity contribution is 9.10. The smallest absolute Gasteiger partial charge is 0.167 e. The second-order valence-electron chi connectivity index (χ2n) is 4.48. The molecule has 2 heteroatoms. The maximum Gasteiger partial charge on any atom is 0.167 e. The Morgan fingerprint density at radius 3 is 2.11 bits per heavy atom. The lowest BCUT2D eigenvalue weighted by Crippen LogP contribution is -2.06. The lowest BCUT2D eigenvalue weighted by molar-refractivity contribution is 0.0992. The summed E-state index contributed by atoms with van der Waals surface area (Å²) in [6.45, 7) is 4.11. The topological polar surface area (TPSA) is 17.1 Å². The third kappa shape index (κ3) is 2.88. The van der Waals surface area contributed by atoms with Crippen LogP contribution in [0, 0.1) is 13.8 Å². The Hall–Kier alpha value is -1.41. The zero-order chi connectivity index (χ0) is 13.1. The summed E-state index contributed by atoms with van der Waals surface area (Å²) in [5.74, 6) is 0.167. The third-order valence-corrected chi connectivity index (χ3v) is 3.68. The fourth-order valence-corrected chi connectivity index (χ4v) is 2.29. The fraction of sp³-hybridized carbons (Fsp3) is 0.188. The molecule has 0 aliphatic carbocycles. The molecule has 0 aliphatic heterocycles. The van der Waals surface area contributed by atoms with Gasteiger partial charge in [0.05, 0.1) is 0 Å². The SMILES string of the molecule is Cc1cccc(C)c1CC(=O)c1ccc(Br)cc1. The molecule has 0 saturated carbocycles. The molecule has 0 atom stereocenters. The molecule has 0 heterocycles. The van der Waals surface area contributed by atoms with Crippen LogP contribution in [0.5, 0.6) is 0 Å². The van der Waals surface area contributed by atoms with Crippen molar-refractivity contribution in [2.75, 3.05) is 0 Å². The van der Waals surface area contributed by atoms with E-state index in [2.05, 4.69) is 41.9 Å². The van der Waals surface area contributed by atoms with Crippen LogP contribution in [0.15, 0.2) is 46.9 Å². The van der Waals surface area contributed by atoms with Crippen molar-refractivity contribution in [1.29, 1.82) is 0 Å². The summed E-state index contributed by atoms with van der Waals surface area (Å²) in [6, 6.07) is 13.7. The molecule has 0 N–H and O–H groups in total. The number of hydrogen-bond acceptors (Lipinski definition) is 1. The van der Waals surface area contributed by atoms with Crippen LogP contribution in [0.1, 0.15) is 27.0 Å². The largest absolute Gasteiger partial charge is 0.294 e. The Morgan fingerprint density at radius 1 is 1.00 bits per heavy atom. The average Bonchev–Trinajstić information content (AvgIpc) is 2.34. The van der Waals surface area contributed by atoms with Crippen molar-refractivity contribution in [3.05, 3.63) is 69.2 Å². The Morgan fingerprint density at radius 2 is 1.56 bits per heavy atom. The Labute approximate surface area is 116 Å². The summed E-state index contributed by atoms with van der Waals surface area (Å²) in [7, 11) is 0. The third-order valence-electron chi connectivity index (χ3n) is 3.15. The summed E-state index contributed by atoms with van der Waals surface area (Å²) < 4.78 is 0.992. The zero-order valence-electron chi connectivity index (χ0n) is 10.5. The lowest BCUT2D eigenvalue weighted by atomic mass is 9.96. The molecule has 2 aromatic rings. The van der Waals surface area contributed by atoms with Crippen molar-refractivity contribution in [2.45, 2.75) is 20.3 Å². The van der Waals surface area contributed by atoms with E-state index in [0.29, 0.717) is 6.42 Å². The van der Waals surface area contributed by atoms with Crippen molar-refractivity contribution >= 4 is 21.7 Å². The molecule has 18 heavy (non-hydrogen) atoms. The number of benzene rings is 2. The van der Waals surface area contributed by atoms with Gasteiger partial charge in [-0.15, -0.1) is 0 Å². The number of rotatable bonds is 3. The molecule has 0 aliphatic rings. The van der Waals surface area contributed by atoms with Crippen LogP contribution < -0.4 is 0 Å². The van der Waals surface area contributed by atoms with Gasteiger partial charge in [-0.3, -0.25) is 4.79 Å². The highest BCUT2D eigenvalue weighted by atomic mass is 79.9. The number of hydrogen-bond donors (Lipinski definition) is 0. The van der Waals surface area contributed by atoms with Crippen molar-refractivity contribution in [3.8, 4) is 0 Å². The van der Waals surface area contributed by atoms with E-state index in [1.54, 1.807) is 0 Å². The summed E-state index contributed by atoms with van der Waals surface area (Å²) in [5, 5.41) is 0. The first-order chi connectivity index (χ1) is 8.58. The van der Waals surface area contributed by atoms with Gasteiger partial charge in [0, 0.05) is 16.5 Å². The van der Waals surface area contributed by atoms with Crippen molar-refractivity contribution in [2.24, 2.45) is 0 Å². The van der Waals surface area contributed by atoms with Crippen LogP contribution in [-0.2, 0) is 6.42 Å². The van der Waals surface area contributed by atoms with Crippen LogP contribution in [-0.4, -0.2) is 5.78 Å². The average molecular weight is 303 g/mol. The second-order valence-corrected chi connectivity index (χ2v) is 5.39. The molecule has 92 valence electrons. The van der Waals surface area contributed by atoms with Crippen LogP contribution in [0.4, 0.5) is 0 Å². The molecule has 0 amide bonds. The molecule has 2 rings (SSSR count). The van der Waals surface area contributed by atoms with Crippen LogP contribution in [0.3, 0.4) is 0 Å². The summed E-state index contributed by atoms with van der Waals surface area (Å²) >= 11 is 3.37. The minimum absolute atomic E-state index is 0.167. The first-order valence-corrected chi connectivity index (χ1v) is 6.71.